The van der Waals surface area contributed by atoms with Crippen LogP contribution in [0.4, 0.5) is 0 Å². The van der Waals surface area contributed by atoms with Gasteiger partial charge in [0.05, 0.1) is 24.9 Å². The molecule has 14 heteroatoms. The minimum atomic E-state index is -3.92. The van der Waals surface area contributed by atoms with Gasteiger partial charge in [-0.1, -0.05) is 27.2 Å². The molecule has 41 heavy (non-hydrogen) atoms. The lowest BCUT2D eigenvalue weighted by Crippen LogP contribution is -2.30. The number of nitrogens with zero attached hydrogens (tertiary/aromatic N) is 6. The van der Waals surface area contributed by atoms with Gasteiger partial charge < -0.3 is 18.7 Å². The number of sulfone groups is 1. The highest BCUT2D eigenvalue weighted by Crippen LogP contribution is 2.39. The van der Waals surface area contributed by atoms with Crippen molar-refractivity contribution in [3.63, 3.8) is 0 Å². The summed E-state index contributed by atoms with van der Waals surface area (Å²) in [6.07, 6.45) is 2.32. The van der Waals surface area contributed by atoms with Crippen molar-refractivity contribution in [2.75, 3.05) is 21.3 Å². The third-order valence-corrected chi connectivity index (χ3v) is 9.17. The second-order valence-corrected chi connectivity index (χ2v) is 12.5. The summed E-state index contributed by atoms with van der Waals surface area (Å²) in [6, 6.07) is 10.7. The Labute approximate surface area is 244 Å². The Hall–Kier alpha value is -3.88. The van der Waals surface area contributed by atoms with Gasteiger partial charge in [-0.2, -0.15) is 0 Å². The number of hydrogen-bond acceptors (Lipinski definition) is 11. The Balaban J connectivity index is 1.67. The molecule has 0 saturated carbocycles. The van der Waals surface area contributed by atoms with Crippen molar-refractivity contribution in [2.24, 2.45) is 0 Å². The molecule has 3 aromatic heterocycles. The molecular formula is C27H27BrN6O6S. The van der Waals surface area contributed by atoms with Crippen LogP contribution >= 0.6 is 15.9 Å². The molecule has 0 aliphatic heterocycles. The van der Waals surface area contributed by atoms with E-state index in [1.807, 2.05) is 19.1 Å². The molecule has 0 unspecified atom stereocenters. The van der Waals surface area contributed by atoms with E-state index in [9.17, 15) is 8.42 Å². The Kier molecular flexibility index (Phi) is 8.07. The minimum Gasteiger partial charge on any atom is -0.494 e. The summed E-state index contributed by atoms with van der Waals surface area (Å²) >= 11 is 3.48. The SMILES string of the molecule is COc1cccc(OC)c1-n1c(CS(=O)(=O)[C@@H](C)[C@H](OC)c2ncc(C)cn2)nnc1-c1noc2ccc(Br)cc12. The van der Waals surface area contributed by atoms with Crippen molar-refractivity contribution < 1.29 is 27.2 Å². The minimum absolute atomic E-state index is 0.112. The van der Waals surface area contributed by atoms with E-state index in [4.69, 9.17) is 18.7 Å². The molecule has 214 valence electrons. The van der Waals surface area contributed by atoms with E-state index in [-0.39, 0.29) is 17.5 Å². The van der Waals surface area contributed by atoms with Gasteiger partial charge in [0.1, 0.15) is 29.0 Å². The predicted octanol–water partition coefficient (Wildman–Crippen LogP) is 4.64. The zero-order valence-electron chi connectivity index (χ0n) is 22.9. The van der Waals surface area contributed by atoms with Crippen LogP contribution in [0.15, 0.2) is 57.8 Å². The van der Waals surface area contributed by atoms with Crippen LogP contribution in [0.5, 0.6) is 11.5 Å². The fourth-order valence-electron chi connectivity index (χ4n) is 4.48. The van der Waals surface area contributed by atoms with E-state index >= 15 is 0 Å². The Morgan fingerprint density at radius 3 is 2.34 bits per heavy atom. The van der Waals surface area contributed by atoms with Crippen LogP contribution in [0.2, 0.25) is 0 Å². The van der Waals surface area contributed by atoms with Gasteiger partial charge >= 0.3 is 0 Å². The molecule has 3 heterocycles. The molecular weight excluding hydrogens is 616 g/mol. The van der Waals surface area contributed by atoms with E-state index in [1.165, 1.54) is 21.3 Å². The highest BCUT2D eigenvalue weighted by Gasteiger charge is 2.35. The second-order valence-electron chi connectivity index (χ2n) is 9.25. The topological polar surface area (TPSA) is 144 Å². The van der Waals surface area contributed by atoms with Gasteiger partial charge in [-0.15, -0.1) is 10.2 Å². The van der Waals surface area contributed by atoms with E-state index in [2.05, 4.69) is 41.3 Å². The van der Waals surface area contributed by atoms with Gasteiger partial charge in [0, 0.05) is 24.0 Å². The fraction of sp³-hybridized carbons (Fsp3) is 0.296. The summed E-state index contributed by atoms with van der Waals surface area (Å²) in [7, 11) is 0.522. The van der Waals surface area contributed by atoms with Gasteiger partial charge in [0.15, 0.2) is 38.6 Å². The predicted molar refractivity (Wildman–Crippen MR) is 154 cm³/mol. The van der Waals surface area contributed by atoms with Crippen molar-refractivity contribution in [3.05, 3.63) is 70.5 Å². The van der Waals surface area contributed by atoms with Crippen LogP contribution in [-0.4, -0.2) is 64.9 Å². The number of para-hydroxylation sites is 1. The number of methoxy groups -OCH3 is 3. The maximum Gasteiger partial charge on any atom is 0.191 e. The van der Waals surface area contributed by atoms with Crippen LogP contribution < -0.4 is 9.47 Å². The molecule has 0 N–H and O–H groups in total. The summed E-state index contributed by atoms with van der Waals surface area (Å²) in [6.45, 7) is 3.40. The standard InChI is InChI=1S/C27H27BrN6O6S/c1-15-12-29-26(30-13-15)25(39-5)16(2)41(35,36)14-22-31-32-27(23-18-11-17(28)9-10-19(18)40-33-23)34(22)24-20(37-3)7-6-8-21(24)38-4/h6-13,16,25H,14H2,1-5H3/t16-,25-/m0/s1. The lowest BCUT2D eigenvalue weighted by Gasteiger charge is -2.22. The largest absolute Gasteiger partial charge is 0.494 e. The smallest absolute Gasteiger partial charge is 0.191 e. The molecule has 5 aromatic rings. The zero-order chi connectivity index (χ0) is 29.3. The maximum absolute atomic E-state index is 13.9. The molecule has 0 fully saturated rings. The Morgan fingerprint density at radius 2 is 1.71 bits per heavy atom. The monoisotopic (exact) mass is 642 g/mol. The molecule has 0 spiro atoms. The summed E-state index contributed by atoms with van der Waals surface area (Å²) < 4.78 is 52.5. The van der Waals surface area contributed by atoms with Crippen LogP contribution in [0.3, 0.4) is 0 Å². The van der Waals surface area contributed by atoms with Gasteiger partial charge in [-0.25, -0.2) is 18.4 Å². The number of hydrogen-bond donors (Lipinski definition) is 0. The van der Waals surface area contributed by atoms with Gasteiger partial charge in [0.25, 0.3) is 0 Å². The fourth-order valence-corrected chi connectivity index (χ4v) is 6.26. The number of benzene rings is 2. The lowest BCUT2D eigenvalue weighted by atomic mass is 10.2. The number of fused-ring (bicyclic) bond motifs is 1. The van der Waals surface area contributed by atoms with Gasteiger partial charge in [-0.05, 0) is 49.7 Å². The Morgan fingerprint density at radius 1 is 1.02 bits per heavy atom. The lowest BCUT2D eigenvalue weighted by molar-refractivity contribution is 0.0947. The summed E-state index contributed by atoms with van der Waals surface area (Å²) in [5.74, 6) is 0.950. The molecule has 5 rings (SSSR count). The van der Waals surface area contributed by atoms with Crippen molar-refractivity contribution in [1.29, 1.82) is 0 Å². The molecule has 0 bridgehead atoms. The van der Waals surface area contributed by atoms with E-state index in [0.29, 0.717) is 33.8 Å². The molecule has 0 aliphatic carbocycles. The number of ether oxygens (including phenoxy) is 3. The first-order valence-corrected chi connectivity index (χ1v) is 14.9. The van der Waals surface area contributed by atoms with Crippen LogP contribution in [0.25, 0.3) is 28.2 Å². The second kappa shape index (κ2) is 11.5. The third kappa shape index (κ3) is 5.42. The van der Waals surface area contributed by atoms with Crippen molar-refractivity contribution in [3.8, 4) is 28.7 Å². The van der Waals surface area contributed by atoms with Crippen LogP contribution in [-0.2, 0) is 20.3 Å². The number of aromatic nitrogens is 6. The van der Waals surface area contributed by atoms with Crippen LogP contribution in [0.1, 0.15) is 30.2 Å². The first kappa shape index (κ1) is 28.6. The number of rotatable bonds is 10. The summed E-state index contributed by atoms with van der Waals surface area (Å²) in [5, 5.41) is 12.6. The normalized spacial score (nSPS) is 13.3. The number of aryl methyl sites for hydroxylation is 1. The van der Waals surface area contributed by atoms with Crippen LogP contribution in [0, 0.1) is 6.92 Å². The Bertz CT molecular complexity index is 1780. The molecule has 0 radical (unpaired) electrons. The summed E-state index contributed by atoms with van der Waals surface area (Å²) in [4.78, 5) is 8.57. The highest BCUT2D eigenvalue weighted by molar-refractivity contribution is 9.10. The molecule has 0 saturated heterocycles. The molecule has 2 atom stereocenters. The van der Waals surface area contributed by atoms with Crippen molar-refractivity contribution >= 4 is 36.7 Å². The first-order valence-electron chi connectivity index (χ1n) is 12.4. The quantitative estimate of drug-likeness (QED) is 0.210. The van der Waals surface area contributed by atoms with Crippen molar-refractivity contribution in [1.82, 2.24) is 29.9 Å². The first-order chi connectivity index (χ1) is 19.7. The van der Waals surface area contributed by atoms with Gasteiger partial charge in [-0.3, -0.25) is 4.57 Å². The van der Waals surface area contributed by atoms with E-state index in [1.54, 1.807) is 48.1 Å². The molecule has 12 nitrogen and oxygen atoms in total. The third-order valence-electron chi connectivity index (χ3n) is 6.63. The highest BCUT2D eigenvalue weighted by atomic mass is 79.9. The van der Waals surface area contributed by atoms with E-state index in [0.717, 1.165) is 10.0 Å². The van der Waals surface area contributed by atoms with Gasteiger partial charge in [0.2, 0.25) is 0 Å². The van der Waals surface area contributed by atoms with Crippen molar-refractivity contribution in [2.45, 2.75) is 31.0 Å². The average Bonchev–Trinajstić information content (AvgIpc) is 3.56. The maximum atomic E-state index is 13.9. The molecule has 0 amide bonds. The number of halogens is 1. The van der Waals surface area contributed by atoms with E-state index < -0.39 is 26.9 Å². The molecule has 0 aliphatic rings. The zero-order valence-corrected chi connectivity index (χ0v) is 25.3. The summed E-state index contributed by atoms with van der Waals surface area (Å²) in [5.41, 5.74) is 2.14. The molecule has 2 aromatic carbocycles. The average molecular weight is 644 g/mol.